The first-order valence-corrected chi connectivity index (χ1v) is 7.07. The summed E-state index contributed by atoms with van der Waals surface area (Å²) >= 11 is 0. The monoisotopic (exact) mass is 248 g/mol. The highest BCUT2D eigenvalue weighted by Crippen LogP contribution is 2.21. The van der Waals surface area contributed by atoms with Crippen molar-refractivity contribution in [1.82, 2.24) is 9.97 Å². The van der Waals surface area contributed by atoms with Crippen LogP contribution in [0.25, 0.3) is 0 Å². The Morgan fingerprint density at radius 1 is 1.11 bits per heavy atom. The molecule has 1 aromatic heterocycles. The third kappa shape index (κ3) is 3.59. The summed E-state index contributed by atoms with van der Waals surface area (Å²) in [7, 11) is 1.85. The first-order chi connectivity index (χ1) is 8.79. The largest absolute Gasteiger partial charge is 0.367 e. The average molecular weight is 248 g/mol. The molecule has 1 aliphatic rings. The molecule has 1 fully saturated rings. The molecule has 0 aromatic carbocycles. The maximum atomic E-state index is 4.51. The molecule has 0 saturated heterocycles. The molecule has 1 heterocycles. The van der Waals surface area contributed by atoms with Crippen LogP contribution in [-0.4, -0.2) is 23.1 Å². The fourth-order valence-corrected chi connectivity index (χ4v) is 2.50. The Morgan fingerprint density at radius 2 is 1.78 bits per heavy atom. The van der Waals surface area contributed by atoms with Gasteiger partial charge in [-0.25, -0.2) is 4.98 Å². The molecule has 0 radical (unpaired) electrons. The van der Waals surface area contributed by atoms with Gasteiger partial charge in [-0.15, -0.1) is 0 Å². The quantitative estimate of drug-likeness (QED) is 0.861. The molecule has 1 aliphatic carbocycles. The third-order valence-electron chi connectivity index (χ3n) is 3.64. The van der Waals surface area contributed by atoms with Gasteiger partial charge in [0.15, 0.2) is 0 Å². The minimum absolute atomic E-state index is 0.573. The van der Waals surface area contributed by atoms with Crippen molar-refractivity contribution in [1.29, 1.82) is 0 Å². The minimum atomic E-state index is 0.573. The molecule has 0 unspecified atom stereocenters. The zero-order valence-corrected chi connectivity index (χ0v) is 11.5. The van der Waals surface area contributed by atoms with E-state index in [4.69, 9.17) is 0 Å². The summed E-state index contributed by atoms with van der Waals surface area (Å²) in [6.07, 6.45) is 11.2. The van der Waals surface area contributed by atoms with E-state index >= 15 is 0 Å². The Morgan fingerprint density at radius 3 is 2.44 bits per heavy atom. The van der Waals surface area contributed by atoms with E-state index in [1.165, 1.54) is 44.9 Å². The lowest BCUT2D eigenvalue weighted by Crippen LogP contribution is -2.22. The Kier molecular flexibility index (Phi) is 4.79. The van der Waals surface area contributed by atoms with E-state index < -0.39 is 0 Å². The first-order valence-electron chi connectivity index (χ1n) is 7.07. The van der Waals surface area contributed by atoms with Gasteiger partial charge >= 0.3 is 0 Å². The summed E-state index contributed by atoms with van der Waals surface area (Å²) in [4.78, 5) is 8.73. The van der Waals surface area contributed by atoms with Crippen LogP contribution < -0.4 is 10.6 Å². The van der Waals surface area contributed by atoms with Crippen LogP contribution in [0.15, 0.2) is 6.20 Å². The molecule has 100 valence electrons. The molecule has 18 heavy (non-hydrogen) atoms. The van der Waals surface area contributed by atoms with Crippen molar-refractivity contribution in [2.75, 3.05) is 17.7 Å². The standard InChI is InChI=1S/C14H24N4/c1-11-10-16-14(15-2)18-13(11)17-12-8-6-4-3-5-7-9-12/h10,12H,3-9H2,1-2H3,(H2,15,16,17,18). The topological polar surface area (TPSA) is 49.8 Å². The average Bonchev–Trinajstić information content (AvgIpc) is 2.35. The second-order valence-electron chi connectivity index (χ2n) is 5.16. The van der Waals surface area contributed by atoms with Gasteiger partial charge in [-0.2, -0.15) is 4.98 Å². The van der Waals surface area contributed by atoms with Gasteiger partial charge in [-0.05, 0) is 19.8 Å². The van der Waals surface area contributed by atoms with E-state index in [9.17, 15) is 0 Å². The number of rotatable bonds is 3. The molecule has 0 aliphatic heterocycles. The molecule has 2 N–H and O–H groups in total. The van der Waals surface area contributed by atoms with Crippen LogP contribution in [-0.2, 0) is 0 Å². The van der Waals surface area contributed by atoms with Crippen molar-refractivity contribution in [2.45, 2.75) is 57.9 Å². The zero-order valence-electron chi connectivity index (χ0n) is 11.5. The Balaban J connectivity index is 2.02. The highest BCUT2D eigenvalue weighted by molar-refractivity contribution is 5.46. The molecule has 0 amide bonds. The summed E-state index contributed by atoms with van der Waals surface area (Å²) in [5.41, 5.74) is 1.12. The summed E-state index contributed by atoms with van der Waals surface area (Å²) in [6, 6.07) is 0.573. The summed E-state index contributed by atoms with van der Waals surface area (Å²) < 4.78 is 0. The van der Waals surface area contributed by atoms with Crippen molar-refractivity contribution in [3.63, 3.8) is 0 Å². The fraction of sp³-hybridized carbons (Fsp3) is 0.714. The fourth-order valence-electron chi connectivity index (χ4n) is 2.50. The van der Waals surface area contributed by atoms with Gasteiger partial charge in [-0.1, -0.05) is 32.1 Å². The minimum Gasteiger partial charge on any atom is -0.367 e. The molecule has 4 heteroatoms. The maximum Gasteiger partial charge on any atom is 0.224 e. The van der Waals surface area contributed by atoms with E-state index in [1.807, 2.05) is 13.2 Å². The number of nitrogens with one attached hydrogen (secondary N) is 2. The van der Waals surface area contributed by atoms with Crippen LogP contribution in [0.4, 0.5) is 11.8 Å². The lowest BCUT2D eigenvalue weighted by atomic mass is 9.96. The van der Waals surface area contributed by atoms with Crippen LogP contribution in [0.3, 0.4) is 0 Å². The van der Waals surface area contributed by atoms with Gasteiger partial charge in [0.1, 0.15) is 5.82 Å². The van der Waals surface area contributed by atoms with Crippen molar-refractivity contribution >= 4 is 11.8 Å². The second kappa shape index (κ2) is 6.57. The molecule has 0 spiro atoms. The van der Waals surface area contributed by atoms with Crippen molar-refractivity contribution in [2.24, 2.45) is 0 Å². The van der Waals surface area contributed by atoms with Gasteiger partial charge in [0.05, 0.1) is 0 Å². The number of hydrogen-bond acceptors (Lipinski definition) is 4. The number of aryl methyl sites for hydroxylation is 1. The molecule has 2 rings (SSSR count). The van der Waals surface area contributed by atoms with Gasteiger partial charge in [0.25, 0.3) is 0 Å². The van der Waals surface area contributed by atoms with E-state index in [0.717, 1.165) is 11.4 Å². The highest BCUT2D eigenvalue weighted by Gasteiger charge is 2.13. The van der Waals surface area contributed by atoms with Crippen LogP contribution in [0.5, 0.6) is 0 Å². The normalized spacial score (nSPS) is 17.9. The zero-order chi connectivity index (χ0) is 12.8. The highest BCUT2D eigenvalue weighted by atomic mass is 15.1. The van der Waals surface area contributed by atoms with E-state index in [0.29, 0.717) is 12.0 Å². The van der Waals surface area contributed by atoms with Crippen molar-refractivity contribution in [3.05, 3.63) is 11.8 Å². The SMILES string of the molecule is CNc1ncc(C)c(NC2CCCCCCC2)n1. The Labute approximate surface area is 110 Å². The molecule has 0 atom stereocenters. The lowest BCUT2D eigenvalue weighted by molar-refractivity contribution is 0.470. The Hall–Kier alpha value is -1.32. The number of hydrogen-bond donors (Lipinski definition) is 2. The number of nitrogens with zero attached hydrogens (tertiary/aromatic N) is 2. The van der Waals surface area contributed by atoms with E-state index in [2.05, 4.69) is 27.5 Å². The molecule has 1 saturated carbocycles. The lowest BCUT2D eigenvalue weighted by Gasteiger charge is -2.22. The van der Waals surface area contributed by atoms with Crippen LogP contribution in [0.2, 0.25) is 0 Å². The van der Waals surface area contributed by atoms with Crippen molar-refractivity contribution < 1.29 is 0 Å². The predicted molar refractivity (Wildman–Crippen MR) is 76.0 cm³/mol. The number of aromatic nitrogens is 2. The molecule has 1 aromatic rings. The van der Waals surface area contributed by atoms with Crippen LogP contribution >= 0.6 is 0 Å². The van der Waals surface area contributed by atoms with Gasteiger partial charge in [-0.3, -0.25) is 0 Å². The molecular weight excluding hydrogens is 224 g/mol. The summed E-state index contributed by atoms with van der Waals surface area (Å²) in [5.74, 6) is 1.67. The summed E-state index contributed by atoms with van der Waals surface area (Å²) in [6.45, 7) is 2.06. The van der Waals surface area contributed by atoms with Crippen LogP contribution in [0.1, 0.15) is 50.5 Å². The Bertz CT molecular complexity index is 370. The molecule has 4 nitrogen and oxygen atoms in total. The predicted octanol–water partition coefficient (Wildman–Crippen LogP) is 3.35. The molecule has 0 bridgehead atoms. The maximum absolute atomic E-state index is 4.51. The van der Waals surface area contributed by atoms with E-state index in [-0.39, 0.29) is 0 Å². The third-order valence-corrected chi connectivity index (χ3v) is 3.64. The second-order valence-corrected chi connectivity index (χ2v) is 5.16. The van der Waals surface area contributed by atoms with Crippen molar-refractivity contribution in [3.8, 4) is 0 Å². The first kappa shape index (κ1) is 13.1. The van der Waals surface area contributed by atoms with Gasteiger partial charge in [0, 0.05) is 24.8 Å². The van der Waals surface area contributed by atoms with Crippen LogP contribution in [0, 0.1) is 6.92 Å². The molecular formula is C14H24N4. The van der Waals surface area contributed by atoms with E-state index in [1.54, 1.807) is 0 Å². The number of anilines is 2. The summed E-state index contributed by atoms with van der Waals surface area (Å²) in [5, 5.41) is 6.59. The van der Waals surface area contributed by atoms with Gasteiger partial charge in [0.2, 0.25) is 5.95 Å². The van der Waals surface area contributed by atoms with Gasteiger partial charge < -0.3 is 10.6 Å². The smallest absolute Gasteiger partial charge is 0.224 e.